The fraction of sp³-hybridized carbons (Fsp3) is 0. The topological polar surface area (TPSA) is 44.5 Å². The molecule has 1 heterocycles. The van der Waals surface area contributed by atoms with Crippen LogP contribution in [0.15, 0.2) is 30.3 Å². The molecule has 2 aromatic carbocycles. The minimum absolute atomic E-state index is 0.0483. The van der Waals surface area contributed by atoms with Gasteiger partial charge in [0, 0.05) is 11.8 Å². The zero-order valence-electron chi connectivity index (χ0n) is 10.3. The summed E-state index contributed by atoms with van der Waals surface area (Å²) in [6.45, 7) is 0. The Balaban J connectivity index is 2.35. The molecule has 7 heteroatoms. The van der Waals surface area contributed by atoms with Gasteiger partial charge in [-0.2, -0.15) is 5.26 Å². The molecular formula is C14H6ClF2N3S. The SMILES string of the molecule is N#Cc1cc(-n2c(=S)[nH]c3cc(F)c(Cl)cc32)ccc1F. The van der Waals surface area contributed by atoms with Crippen molar-refractivity contribution in [1.29, 1.82) is 5.26 Å². The Morgan fingerprint density at radius 2 is 1.95 bits per heavy atom. The monoisotopic (exact) mass is 321 g/mol. The Morgan fingerprint density at radius 1 is 1.19 bits per heavy atom. The highest BCUT2D eigenvalue weighted by atomic mass is 35.5. The third-order valence-corrected chi connectivity index (χ3v) is 3.63. The van der Waals surface area contributed by atoms with Crippen LogP contribution in [0.3, 0.4) is 0 Å². The molecule has 1 N–H and O–H groups in total. The molecule has 0 spiro atoms. The van der Waals surface area contributed by atoms with Gasteiger partial charge in [-0.25, -0.2) is 8.78 Å². The van der Waals surface area contributed by atoms with Gasteiger partial charge in [-0.3, -0.25) is 4.57 Å². The van der Waals surface area contributed by atoms with Gasteiger partial charge in [-0.05, 0) is 36.5 Å². The van der Waals surface area contributed by atoms with E-state index in [9.17, 15) is 8.78 Å². The highest BCUT2D eigenvalue weighted by Crippen LogP contribution is 2.26. The number of halogens is 3. The second-order valence-electron chi connectivity index (χ2n) is 4.32. The molecule has 3 aromatic rings. The van der Waals surface area contributed by atoms with Gasteiger partial charge in [-0.1, -0.05) is 11.6 Å². The molecule has 21 heavy (non-hydrogen) atoms. The Labute approximate surface area is 128 Å². The van der Waals surface area contributed by atoms with Crippen LogP contribution in [0.25, 0.3) is 16.7 Å². The van der Waals surface area contributed by atoms with E-state index in [0.29, 0.717) is 21.5 Å². The standard InChI is InChI=1S/C14H6ClF2N3S/c15-9-4-13-12(5-11(9)17)19-14(21)20(13)8-1-2-10(16)7(3-8)6-18/h1-5H,(H,19,21). The second kappa shape index (κ2) is 4.95. The van der Waals surface area contributed by atoms with E-state index in [1.807, 2.05) is 0 Å². The van der Waals surface area contributed by atoms with Gasteiger partial charge >= 0.3 is 0 Å². The molecule has 0 fully saturated rings. The second-order valence-corrected chi connectivity index (χ2v) is 5.12. The summed E-state index contributed by atoms with van der Waals surface area (Å²) in [6, 6.07) is 8.46. The number of aromatic amines is 1. The van der Waals surface area contributed by atoms with Gasteiger partial charge in [0.2, 0.25) is 0 Å². The van der Waals surface area contributed by atoms with Crippen LogP contribution in [-0.2, 0) is 0 Å². The molecule has 0 radical (unpaired) electrons. The summed E-state index contributed by atoms with van der Waals surface area (Å²) >= 11 is 11.0. The van der Waals surface area contributed by atoms with Gasteiger partial charge < -0.3 is 4.98 Å². The first kappa shape index (κ1) is 13.7. The van der Waals surface area contributed by atoms with Crippen LogP contribution in [0.5, 0.6) is 0 Å². The molecule has 0 saturated heterocycles. The summed E-state index contributed by atoms with van der Waals surface area (Å²) in [6.07, 6.45) is 0. The van der Waals surface area contributed by atoms with Crippen molar-refractivity contribution in [3.8, 4) is 11.8 Å². The van der Waals surface area contributed by atoms with Crippen molar-refractivity contribution >= 4 is 34.9 Å². The first-order chi connectivity index (χ1) is 10.0. The molecule has 0 aliphatic heterocycles. The molecule has 0 bridgehead atoms. The van der Waals surface area contributed by atoms with E-state index in [1.54, 1.807) is 10.6 Å². The lowest BCUT2D eigenvalue weighted by Gasteiger charge is -2.06. The smallest absolute Gasteiger partial charge is 0.182 e. The summed E-state index contributed by atoms with van der Waals surface area (Å²) in [5, 5.41) is 8.85. The van der Waals surface area contributed by atoms with Crippen molar-refractivity contribution in [1.82, 2.24) is 9.55 Å². The number of imidazole rings is 1. The van der Waals surface area contributed by atoms with Crippen molar-refractivity contribution in [2.75, 3.05) is 0 Å². The molecule has 3 rings (SSSR count). The maximum atomic E-state index is 13.5. The summed E-state index contributed by atoms with van der Waals surface area (Å²) in [4.78, 5) is 2.85. The van der Waals surface area contributed by atoms with Crippen molar-refractivity contribution in [2.24, 2.45) is 0 Å². The third-order valence-electron chi connectivity index (χ3n) is 3.05. The first-order valence-electron chi connectivity index (χ1n) is 5.81. The van der Waals surface area contributed by atoms with Crippen LogP contribution < -0.4 is 0 Å². The average Bonchev–Trinajstić information content (AvgIpc) is 2.75. The Bertz CT molecular complexity index is 969. The molecule has 0 unspecified atom stereocenters. The molecule has 0 amide bonds. The van der Waals surface area contributed by atoms with E-state index in [-0.39, 0.29) is 10.6 Å². The fourth-order valence-corrected chi connectivity index (χ4v) is 2.57. The number of nitrogens with one attached hydrogen (secondary N) is 1. The minimum atomic E-state index is -0.614. The number of nitriles is 1. The predicted molar refractivity (Wildman–Crippen MR) is 78.1 cm³/mol. The van der Waals surface area contributed by atoms with Crippen molar-refractivity contribution in [2.45, 2.75) is 0 Å². The molecule has 3 nitrogen and oxygen atoms in total. The van der Waals surface area contributed by atoms with Crippen molar-refractivity contribution in [3.63, 3.8) is 0 Å². The Morgan fingerprint density at radius 3 is 2.67 bits per heavy atom. The van der Waals surface area contributed by atoms with Crippen molar-refractivity contribution in [3.05, 3.63) is 57.3 Å². The quantitative estimate of drug-likeness (QED) is 0.671. The number of aromatic nitrogens is 2. The number of nitrogens with zero attached hydrogens (tertiary/aromatic N) is 2. The zero-order chi connectivity index (χ0) is 15.1. The van der Waals surface area contributed by atoms with E-state index in [2.05, 4.69) is 4.98 Å². The minimum Gasteiger partial charge on any atom is -0.330 e. The summed E-state index contributed by atoms with van der Waals surface area (Å²) in [5.41, 5.74) is 1.40. The predicted octanol–water partition coefficient (Wildman–Crippen LogP) is 4.49. The van der Waals surface area contributed by atoms with E-state index in [4.69, 9.17) is 29.1 Å². The lowest BCUT2D eigenvalue weighted by molar-refractivity contribution is 0.623. The number of H-pyrrole nitrogens is 1. The number of benzene rings is 2. The van der Waals surface area contributed by atoms with E-state index in [0.717, 1.165) is 0 Å². The van der Waals surface area contributed by atoms with Gasteiger partial charge in [0.15, 0.2) is 4.77 Å². The Hall–Kier alpha value is -2.23. The zero-order valence-corrected chi connectivity index (χ0v) is 11.9. The molecule has 0 aliphatic carbocycles. The lowest BCUT2D eigenvalue weighted by Crippen LogP contribution is -1.96. The van der Waals surface area contributed by atoms with Gasteiger partial charge in [0.05, 0.1) is 21.6 Å². The summed E-state index contributed by atoms with van der Waals surface area (Å²) in [5.74, 6) is -1.18. The van der Waals surface area contributed by atoms with Gasteiger partial charge in [-0.15, -0.1) is 0 Å². The third kappa shape index (κ3) is 2.20. The van der Waals surface area contributed by atoms with Crippen LogP contribution in [-0.4, -0.2) is 9.55 Å². The number of fused-ring (bicyclic) bond motifs is 1. The molecule has 1 aromatic heterocycles. The van der Waals surface area contributed by atoms with E-state index >= 15 is 0 Å². The van der Waals surface area contributed by atoms with Crippen LogP contribution in [0.1, 0.15) is 5.56 Å². The molecule has 104 valence electrons. The molecular weight excluding hydrogens is 316 g/mol. The number of hydrogen-bond acceptors (Lipinski definition) is 2. The normalized spacial score (nSPS) is 10.8. The summed E-state index contributed by atoms with van der Waals surface area (Å²) in [7, 11) is 0. The average molecular weight is 322 g/mol. The lowest BCUT2D eigenvalue weighted by atomic mass is 10.2. The molecule has 0 atom stereocenters. The summed E-state index contributed by atoms with van der Waals surface area (Å²) < 4.78 is 28.7. The van der Waals surface area contributed by atoms with Crippen LogP contribution in [0, 0.1) is 27.7 Å². The maximum Gasteiger partial charge on any atom is 0.182 e. The Kier molecular flexibility index (Phi) is 3.24. The first-order valence-corrected chi connectivity index (χ1v) is 6.59. The van der Waals surface area contributed by atoms with E-state index < -0.39 is 11.6 Å². The van der Waals surface area contributed by atoms with Crippen LogP contribution in [0.2, 0.25) is 5.02 Å². The maximum absolute atomic E-state index is 13.5. The molecule has 0 saturated carbocycles. The molecule has 0 aliphatic rings. The number of rotatable bonds is 1. The van der Waals surface area contributed by atoms with Crippen molar-refractivity contribution < 1.29 is 8.78 Å². The van der Waals surface area contributed by atoms with Gasteiger partial charge in [0.1, 0.15) is 17.7 Å². The largest absolute Gasteiger partial charge is 0.330 e. The van der Waals surface area contributed by atoms with Crippen LogP contribution >= 0.6 is 23.8 Å². The highest BCUT2D eigenvalue weighted by Gasteiger charge is 2.12. The number of hydrogen-bond donors (Lipinski definition) is 1. The van der Waals surface area contributed by atoms with Gasteiger partial charge in [0.25, 0.3) is 0 Å². The van der Waals surface area contributed by atoms with Crippen LogP contribution in [0.4, 0.5) is 8.78 Å². The fourth-order valence-electron chi connectivity index (χ4n) is 2.10. The highest BCUT2D eigenvalue weighted by molar-refractivity contribution is 7.71. The van der Waals surface area contributed by atoms with E-state index in [1.165, 1.54) is 30.3 Å².